The molecule has 0 heteroatoms. The smallest absolute Gasteiger partial charge is 0.0106 e. The molecule has 6 atom stereocenters. The number of hydrogen-bond donors (Lipinski definition) is 0. The Balaban J connectivity index is 1.69. The van der Waals surface area contributed by atoms with Gasteiger partial charge in [-0.2, -0.15) is 0 Å². The SMILES string of the molecule is C=CCCCC(=C)C(=C)CCC(=C)C1C(C(=C)C(CC(=C)CC(C)(C)C)C2CCCCC2)CC2C(C)C21. The molecule has 3 saturated carbocycles. The van der Waals surface area contributed by atoms with Crippen LogP contribution < -0.4 is 0 Å². The van der Waals surface area contributed by atoms with Gasteiger partial charge in [-0.1, -0.05) is 114 Å². The highest BCUT2D eigenvalue weighted by Gasteiger charge is 2.60. The second-order valence-electron chi connectivity index (χ2n) is 14.3. The van der Waals surface area contributed by atoms with Crippen LogP contribution in [0.5, 0.6) is 0 Å². The van der Waals surface area contributed by atoms with E-state index in [0.29, 0.717) is 23.2 Å². The molecule has 37 heavy (non-hydrogen) atoms. The van der Waals surface area contributed by atoms with Crippen molar-refractivity contribution in [3.63, 3.8) is 0 Å². The molecule has 0 aromatic heterocycles. The minimum Gasteiger partial charge on any atom is -0.103 e. The summed E-state index contributed by atoms with van der Waals surface area (Å²) in [5.41, 5.74) is 7.18. The van der Waals surface area contributed by atoms with Crippen LogP contribution in [0.2, 0.25) is 0 Å². The lowest BCUT2D eigenvalue weighted by atomic mass is 9.67. The van der Waals surface area contributed by atoms with Crippen molar-refractivity contribution in [2.75, 3.05) is 0 Å². The molecule has 0 aromatic carbocycles. The molecule has 0 aliphatic heterocycles. The minimum atomic E-state index is 0.300. The summed E-state index contributed by atoms with van der Waals surface area (Å²) in [4.78, 5) is 0. The molecule has 0 N–H and O–H groups in total. The molecule has 206 valence electrons. The van der Waals surface area contributed by atoms with Gasteiger partial charge in [-0.05, 0) is 111 Å². The fourth-order valence-corrected chi connectivity index (χ4v) is 8.03. The van der Waals surface area contributed by atoms with Gasteiger partial charge in [-0.15, -0.1) is 6.58 Å². The monoisotopic (exact) mass is 502 g/mol. The molecule has 0 heterocycles. The van der Waals surface area contributed by atoms with E-state index in [1.165, 1.54) is 60.8 Å². The van der Waals surface area contributed by atoms with E-state index in [9.17, 15) is 0 Å². The molecule has 6 unspecified atom stereocenters. The highest BCUT2D eigenvalue weighted by Crippen LogP contribution is 2.66. The largest absolute Gasteiger partial charge is 0.103 e. The number of hydrogen-bond acceptors (Lipinski definition) is 0. The van der Waals surface area contributed by atoms with E-state index in [1.807, 2.05) is 6.08 Å². The van der Waals surface area contributed by atoms with E-state index in [-0.39, 0.29) is 0 Å². The van der Waals surface area contributed by atoms with Gasteiger partial charge in [0.25, 0.3) is 0 Å². The Bertz CT molecular complexity index is 866. The van der Waals surface area contributed by atoms with Crippen LogP contribution in [0.4, 0.5) is 0 Å². The number of rotatable bonds is 15. The summed E-state index contributed by atoms with van der Waals surface area (Å²) in [6.07, 6.45) is 17.8. The van der Waals surface area contributed by atoms with Gasteiger partial charge < -0.3 is 0 Å². The van der Waals surface area contributed by atoms with Crippen LogP contribution in [0.15, 0.2) is 73.4 Å². The Morgan fingerprint density at radius 2 is 1.57 bits per heavy atom. The molecule has 0 spiro atoms. The fourth-order valence-electron chi connectivity index (χ4n) is 8.03. The van der Waals surface area contributed by atoms with Crippen LogP contribution in [0.25, 0.3) is 0 Å². The third-order valence-electron chi connectivity index (χ3n) is 10.1. The quantitative estimate of drug-likeness (QED) is 0.119. The summed E-state index contributed by atoms with van der Waals surface area (Å²) in [5, 5.41) is 0. The average molecular weight is 503 g/mol. The summed E-state index contributed by atoms with van der Waals surface area (Å²) in [5.74, 6) is 5.16. The van der Waals surface area contributed by atoms with Crippen molar-refractivity contribution in [1.82, 2.24) is 0 Å². The van der Waals surface area contributed by atoms with Crippen LogP contribution in [0.3, 0.4) is 0 Å². The first kappa shape index (κ1) is 30.0. The van der Waals surface area contributed by atoms with Gasteiger partial charge in [-0.25, -0.2) is 0 Å². The maximum atomic E-state index is 4.92. The second kappa shape index (κ2) is 13.0. The van der Waals surface area contributed by atoms with Gasteiger partial charge in [0.1, 0.15) is 0 Å². The van der Waals surface area contributed by atoms with E-state index in [4.69, 9.17) is 13.2 Å². The van der Waals surface area contributed by atoms with Gasteiger partial charge in [-0.3, -0.25) is 0 Å². The molecule has 0 bridgehead atoms. The highest BCUT2D eigenvalue weighted by molar-refractivity contribution is 5.30. The third kappa shape index (κ3) is 7.97. The average Bonchev–Trinajstić information content (AvgIpc) is 3.27. The number of fused-ring (bicyclic) bond motifs is 1. The van der Waals surface area contributed by atoms with Gasteiger partial charge >= 0.3 is 0 Å². The standard InChI is InChI=1S/C37H58/c1-11-12-14-17-26(3)27(4)20-21-28(5)35-33(23-34-30(7)36(34)35)29(6)32(31-18-15-13-16-19-31)22-25(2)24-37(8,9)10/h11,30-36H,1-6,12-24H2,7-10H3. The van der Waals surface area contributed by atoms with Crippen LogP contribution in [0, 0.1) is 46.8 Å². The van der Waals surface area contributed by atoms with E-state index in [1.54, 1.807) is 5.57 Å². The number of allylic oxidation sites excluding steroid dienone is 6. The second-order valence-corrected chi connectivity index (χ2v) is 14.3. The van der Waals surface area contributed by atoms with E-state index in [0.717, 1.165) is 68.6 Å². The topological polar surface area (TPSA) is 0 Å². The zero-order chi connectivity index (χ0) is 27.3. The van der Waals surface area contributed by atoms with Crippen molar-refractivity contribution in [1.29, 1.82) is 0 Å². The molecule has 0 radical (unpaired) electrons. The Morgan fingerprint density at radius 1 is 0.919 bits per heavy atom. The zero-order valence-corrected chi connectivity index (χ0v) is 25.1. The van der Waals surface area contributed by atoms with Crippen LogP contribution in [-0.2, 0) is 0 Å². The van der Waals surface area contributed by atoms with Crippen LogP contribution in [-0.4, -0.2) is 0 Å². The van der Waals surface area contributed by atoms with Crippen molar-refractivity contribution >= 4 is 0 Å². The van der Waals surface area contributed by atoms with Gasteiger partial charge in [0.05, 0.1) is 0 Å². The van der Waals surface area contributed by atoms with Gasteiger partial charge in [0.15, 0.2) is 0 Å². The molecule has 3 aliphatic rings. The van der Waals surface area contributed by atoms with Crippen molar-refractivity contribution in [2.45, 2.75) is 111 Å². The highest BCUT2D eigenvalue weighted by atomic mass is 14.6. The van der Waals surface area contributed by atoms with Crippen LogP contribution >= 0.6 is 0 Å². The summed E-state index contributed by atoms with van der Waals surface area (Å²) < 4.78 is 0. The molecule has 0 amide bonds. The molecule has 0 saturated heterocycles. The first-order chi connectivity index (χ1) is 17.4. The predicted octanol–water partition coefficient (Wildman–Crippen LogP) is 11.4. The van der Waals surface area contributed by atoms with E-state index in [2.05, 4.69) is 54.0 Å². The zero-order valence-electron chi connectivity index (χ0n) is 25.1. The van der Waals surface area contributed by atoms with Crippen LogP contribution in [0.1, 0.15) is 111 Å². The third-order valence-corrected chi connectivity index (χ3v) is 10.1. The summed E-state index contributed by atoms with van der Waals surface area (Å²) in [6, 6.07) is 0. The first-order valence-corrected chi connectivity index (χ1v) is 15.4. The molecular formula is C37H58. The predicted molar refractivity (Wildman–Crippen MR) is 165 cm³/mol. The Labute approximate surface area is 231 Å². The lowest BCUT2D eigenvalue weighted by Gasteiger charge is -2.38. The molecular weight excluding hydrogens is 444 g/mol. The Morgan fingerprint density at radius 3 is 2.19 bits per heavy atom. The van der Waals surface area contributed by atoms with Gasteiger partial charge in [0.2, 0.25) is 0 Å². The number of unbranched alkanes of at least 4 members (excludes halogenated alkanes) is 1. The molecule has 3 aliphatic carbocycles. The maximum Gasteiger partial charge on any atom is -0.0106 e. The molecule has 3 fully saturated rings. The normalized spacial score (nSPS) is 28.3. The van der Waals surface area contributed by atoms with Crippen molar-refractivity contribution in [3.05, 3.63) is 73.4 Å². The Kier molecular flexibility index (Phi) is 10.5. The molecule has 0 nitrogen and oxygen atoms in total. The molecule has 0 aromatic rings. The van der Waals surface area contributed by atoms with E-state index >= 15 is 0 Å². The maximum absolute atomic E-state index is 4.92. The van der Waals surface area contributed by atoms with Crippen molar-refractivity contribution in [2.24, 2.45) is 46.8 Å². The molecule has 3 rings (SSSR count). The fraction of sp³-hybridized carbons (Fsp3) is 0.676. The lowest BCUT2D eigenvalue weighted by Crippen LogP contribution is -2.28. The first-order valence-electron chi connectivity index (χ1n) is 15.4. The summed E-state index contributed by atoms with van der Waals surface area (Å²) in [6.45, 7) is 36.3. The van der Waals surface area contributed by atoms with Gasteiger partial charge in [0, 0.05) is 0 Å². The minimum absolute atomic E-state index is 0.300. The Hall–Kier alpha value is -1.56. The van der Waals surface area contributed by atoms with Crippen molar-refractivity contribution in [3.8, 4) is 0 Å². The summed E-state index contributed by atoms with van der Waals surface area (Å²) in [7, 11) is 0. The van der Waals surface area contributed by atoms with Crippen molar-refractivity contribution < 1.29 is 0 Å². The van der Waals surface area contributed by atoms with E-state index < -0.39 is 0 Å². The summed E-state index contributed by atoms with van der Waals surface area (Å²) >= 11 is 0. The lowest BCUT2D eigenvalue weighted by molar-refractivity contribution is 0.243.